The van der Waals surface area contributed by atoms with Crippen LogP contribution in [0.25, 0.3) is 11.1 Å². The molecule has 1 aliphatic heterocycles. The highest BCUT2D eigenvalue weighted by Gasteiger charge is 2.69. The normalized spacial score (nSPS) is 26.9. The van der Waals surface area contributed by atoms with Gasteiger partial charge in [-0.3, -0.25) is 9.59 Å². The zero-order valence-corrected chi connectivity index (χ0v) is 18.4. The van der Waals surface area contributed by atoms with Crippen molar-refractivity contribution in [3.8, 4) is 16.9 Å². The molecule has 0 saturated carbocycles. The van der Waals surface area contributed by atoms with Gasteiger partial charge in [-0.15, -0.1) is 0 Å². The molecule has 2 aromatic rings. The van der Waals surface area contributed by atoms with E-state index in [0.29, 0.717) is 36.3 Å². The van der Waals surface area contributed by atoms with Gasteiger partial charge in [0.05, 0.1) is 11.1 Å². The Balaban J connectivity index is 1.49. The summed E-state index contributed by atoms with van der Waals surface area (Å²) >= 11 is 0. The molecule has 0 aromatic heterocycles. The number of phenolic OH excluding ortho intramolecular Hbond substituents is 1. The molecule has 0 radical (unpaired) electrons. The zero-order valence-electron chi connectivity index (χ0n) is 18.4. The number of rotatable bonds is 3. The summed E-state index contributed by atoms with van der Waals surface area (Å²) in [6.07, 6.45) is 1.36. The van der Waals surface area contributed by atoms with Crippen LogP contribution in [0.1, 0.15) is 34.3 Å². The third-order valence-electron chi connectivity index (χ3n) is 7.77. The van der Waals surface area contributed by atoms with Gasteiger partial charge in [-0.05, 0) is 53.1 Å². The number of hydrogen-bond donors (Lipinski definition) is 4. The first-order valence-corrected chi connectivity index (χ1v) is 11.3. The van der Waals surface area contributed by atoms with Crippen molar-refractivity contribution in [1.82, 2.24) is 0 Å². The van der Waals surface area contributed by atoms with E-state index in [-0.39, 0.29) is 46.7 Å². The average molecular weight is 456 g/mol. The van der Waals surface area contributed by atoms with Crippen molar-refractivity contribution in [2.45, 2.75) is 31.4 Å². The Morgan fingerprint density at radius 1 is 1.21 bits per heavy atom. The fraction of sp³-hybridized carbons (Fsp3) is 0.259. The summed E-state index contributed by atoms with van der Waals surface area (Å²) < 4.78 is 6.06. The SMILES string of the molecule is C=C1C(C(N)=O)=C(O)C[C@@H]2CC3Cc4c(-c5cccc(CN)c5)ccc(O)c4C(=O)C3=C3O[C@]132. The number of Topliss-reactive ketones (excluding diaryl/α,β-unsaturated/α-hetero) is 1. The number of allylic oxidation sites excluding steroid dienone is 2. The van der Waals surface area contributed by atoms with E-state index in [4.69, 9.17) is 16.2 Å². The van der Waals surface area contributed by atoms with Crippen molar-refractivity contribution in [1.29, 1.82) is 0 Å². The van der Waals surface area contributed by atoms with Crippen molar-refractivity contribution in [3.05, 3.63) is 87.9 Å². The number of aliphatic hydroxyl groups is 1. The number of carbonyl (C=O) groups is 2. The second-order valence-corrected chi connectivity index (χ2v) is 9.50. The molecule has 7 nitrogen and oxygen atoms in total. The number of ether oxygens (including phenoxy) is 1. The molecule has 6 rings (SSSR count). The molecule has 3 atom stereocenters. The Labute approximate surface area is 196 Å². The van der Waals surface area contributed by atoms with Crippen LogP contribution in [-0.2, 0) is 22.5 Å². The second-order valence-electron chi connectivity index (χ2n) is 9.50. The van der Waals surface area contributed by atoms with Crippen LogP contribution < -0.4 is 11.5 Å². The maximum Gasteiger partial charge on any atom is 0.252 e. The fourth-order valence-corrected chi connectivity index (χ4v) is 6.22. The smallest absolute Gasteiger partial charge is 0.252 e. The number of fused-ring (bicyclic) bond motifs is 2. The number of carbonyl (C=O) groups excluding carboxylic acids is 2. The summed E-state index contributed by atoms with van der Waals surface area (Å²) in [5.74, 6) is -0.966. The lowest BCUT2D eigenvalue weighted by atomic mass is 9.62. The van der Waals surface area contributed by atoms with E-state index >= 15 is 0 Å². The Morgan fingerprint density at radius 2 is 2.00 bits per heavy atom. The standard InChI is InChI=1S/C27H24N2O5/c1-12-21(26(29)33)20(31)10-16-8-15-9-18-17(14-4-2-3-13(7-14)11-28)5-6-19(30)23(18)24(32)22(15)25-27(12,16)34-25/h2-7,15-16,30-31H,1,8-11,28H2,(H2,29,33)/t15?,16-,27-/m0/s1. The molecule has 1 amide bonds. The topological polar surface area (TPSA) is 139 Å². The highest BCUT2D eigenvalue weighted by Crippen LogP contribution is 2.65. The summed E-state index contributed by atoms with van der Waals surface area (Å²) in [7, 11) is 0. The third kappa shape index (κ3) is 2.56. The number of epoxide rings is 1. The largest absolute Gasteiger partial charge is 0.511 e. The molecule has 1 fully saturated rings. The molecular weight excluding hydrogens is 432 g/mol. The average Bonchev–Trinajstić information content (AvgIpc) is 3.55. The van der Waals surface area contributed by atoms with E-state index in [1.807, 2.05) is 30.3 Å². The molecule has 7 heteroatoms. The summed E-state index contributed by atoms with van der Waals surface area (Å²) in [6, 6.07) is 11.2. The first-order valence-electron chi connectivity index (χ1n) is 11.3. The molecule has 34 heavy (non-hydrogen) atoms. The number of primary amides is 1. The molecule has 1 saturated heterocycles. The second kappa shape index (κ2) is 6.84. The number of aromatic hydroxyl groups is 1. The minimum atomic E-state index is -0.974. The first kappa shape index (κ1) is 20.7. The monoisotopic (exact) mass is 456 g/mol. The van der Waals surface area contributed by atoms with Gasteiger partial charge in [-0.25, -0.2) is 0 Å². The molecule has 1 spiro atoms. The zero-order chi connectivity index (χ0) is 23.9. The molecule has 172 valence electrons. The van der Waals surface area contributed by atoms with Crippen molar-refractivity contribution in [2.24, 2.45) is 23.3 Å². The fourth-order valence-electron chi connectivity index (χ4n) is 6.22. The van der Waals surface area contributed by atoms with E-state index in [1.165, 1.54) is 0 Å². The Hall–Kier alpha value is -3.84. The summed E-state index contributed by atoms with van der Waals surface area (Å²) in [5.41, 5.74) is 15.1. The number of phenols is 1. The minimum absolute atomic E-state index is 0.0149. The highest BCUT2D eigenvalue weighted by molar-refractivity contribution is 6.15. The van der Waals surface area contributed by atoms with E-state index in [0.717, 1.165) is 22.3 Å². The Kier molecular flexibility index (Phi) is 4.17. The van der Waals surface area contributed by atoms with Crippen molar-refractivity contribution < 1.29 is 24.5 Å². The van der Waals surface area contributed by atoms with Crippen molar-refractivity contribution in [3.63, 3.8) is 0 Å². The van der Waals surface area contributed by atoms with Crippen molar-refractivity contribution >= 4 is 11.7 Å². The van der Waals surface area contributed by atoms with Gasteiger partial charge in [0.1, 0.15) is 11.5 Å². The summed E-state index contributed by atoms with van der Waals surface area (Å²) in [6.45, 7) is 4.41. The van der Waals surface area contributed by atoms with Gasteiger partial charge in [0, 0.05) is 30.0 Å². The number of hydrogen-bond acceptors (Lipinski definition) is 6. The number of aliphatic hydroxyl groups excluding tert-OH is 1. The summed E-state index contributed by atoms with van der Waals surface area (Å²) in [4.78, 5) is 25.7. The molecule has 4 aliphatic rings. The molecule has 1 heterocycles. The lowest BCUT2D eigenvalue weighted by Gasteiger charge is -2.37. The maximum absolute atomic E-state index is 13.8. The van der Waals surface area contributed by atoms with Crippen LogP contribution in [0.15, 0.2) is 71.2 Å². The lowest BCUT2D eigenvalue weighted by Crippen LogP contribution is -2.41. The number of amides is 1. The van der Waals surface area contributed by atoms with Crippen molar-refractivity contribution in [2.75, 3.05) is 0 Å². The van der Waals surface area contributed by atoms with Crippen LogP contribution in [0.5, 0.6) is 5.75 Å². The van der Waals surface area contributed by atoms with E-state index < -0.39 is 11.5 Å². The Morgan fingerprint density at radius 3 is 2.74 bits per heavy atom. The van der Waals surface area contributed by atoms with Gasteiger partial charge in [-0.2, -0.15) is 0 Å². The van der Waals surface area contributed by atoms with E-state index in [2.05, 4.69) is 6.58 Å². The van der Waals surface area contributed by atoms with Gasteiger partial charge >= 0.3 is 0 Å². The predicted octanol–water partition coefficient (Wildman–Crippen LogP) is 3.17. The van der Waals surface area contributed by atoms with Crippen LogP contribution in [0, 0.1) is 11.8 Å². The van der Waals surface area contributed by atoms with Crippen LogP contribution >= 0.6 is 0 Å². The van der Waals surface area contributed by atoms with Gasteiger partial charge < -0.3 is 26.4 Å². The van der Waals surface area contributed by atoms with Crippen LogP contribution in [-0.4, -0.2) is 27.5 Å². The molecule has 2 aromatic carbocycles. The van der Waals surface area contributed by atoms with Gasteiger partial charge in [-0.1, -0.05) is 30.8 Å². The first-order chi connectivity index (χ1) is 16.3. The number of ketones is 1. The number of benzene rings is 2. The Bertz CT molecular complexity index is 1400. The van der Waals surface area contributed by atoms with Crippen LogP contribution in [0.3, 0.4) is 0 Å². The maximum atomic E-state index is 13.8. The van der Waals surface area contributed by atoms with Crippen LogP contribution in [0.2, 0.25) is 0 Å². The molecule has 6 N–H and O–H groups in total. The third-order valence-corrected chi connectivity index (χ3v) is 7.77. The quantitative estimate of drug-likeness (QED) is 0.523. The molecular formula is C27H24N2O5. The molecule has 0 bridgehead atoms. The van der Waals surface area contributed by atoms with Gasteiger partial charge in [0.25, 0.3) is 5.91 Å². The summed E-state index contributed by atoms with van der Waals surface area (Å²) in [5, 5.41) is 21.2. The molecule has 3 aliphatic carbocycles. The predicted molar refractivity (Wildman–Crippen MR) is 125 cm³/mol. The highest BCUT2D eigenvalue weighted by atomic mass is 16.6. The van der Waals surface area contributed by atoms with Gasteiger partial charge in [0.15, 0.2) is 17.1 Å². The van der Waals surface area contributed by atoms with E-state index in [9.17, 15) is 19.8 Å². The van der Waals surface area contributed by atoms with Gasteiger partial charge in [0.2, 0.25) is 0 Å². The lowest BCUT2D eigenvalue weighted by molar-refractivity contribution is -0.114. The van der Waals surface area contributed by atoms with E-state index in [1.54, 1.807) is 6.07 Å². The minimum Gasteiger partial charge on any atom is -0.511 e. The van der Waals surface area contributed by atoms with Crippen LogP contribution in [0.4, 0.5) is 0 Å². The number of nitrogens with two attached hydrogens (primary N) is 2. The molecule has 1 unspecified atom stereocenters.